The smallest absolute Gasteiger partial charge is 0.253 e. The first-order valence-corrected chi connectivity index (χ1v) is 8.09. The standard InChI is InChI=1S/C19H20N2O/c22-19-18(15-9-3-1-4-10-15)16-11-5-6-12-17(16)21(19)20-13-7-2-8-14-20/h1,3-6,9-12,18H,2,7-8,13-14H2/t18-/m0/s1. The summed E-state index contributed by atoms with van der Waals surface area (Å²) in [7, 11) is 0. The van der Waals surface area contributed by atoms with Crippen LogP contribution in [0, 0.1) is 0 Å². The zero-order chi connectivity index (χ0) is 14.9. The molecule has 1 saturated heterocycles. The maximum absolute atomic E-state index is 13.1. The van der Waals surface area contributed by atoms with Gasteiger partial charge in [-0.3, -0.25) is 4.79 Å². The average Bonchev–Trinajstić information content (AvgIpc) is 2.88. The Balaban J connectivity index is 1.78. The Kier molecular flexibility index (Phi) is 3.43. The predicted molar refractivity (Wildman–Crippen MR) is 87.6 cm³/mol. The van der Waals surface area contributed by atoms with E-state index in [9.17, 15) is 4.79 Å². The van der Waals surface area contributed by atoms with Crippen LogP contribution in [0.3, 0.4) is 0 Å². The highest BCUT2D eigenvalue weighted by Gasteiger charge is 2.40. The van der Waals surface area contributed by atoms with E-state index in [-0.39, 0.29) is 11.8 Å². The molecule has 0 saturated carbocycles. The number of nitrogens with zero attached hydrogens (tertiary/aromatic N) is 2. The maximum Gasteiger partial charge on any atom is 0.253 e. The molecule has 1 atom stereocenters. The van der Waals surface area contributed by atoms with E-state index in [4.69, 9.17) is 0 Å². The summed E-state index contributed by atoms with van der Waals surface area (Å²) in [5.74, 6) is 0.0219. The molecule has 22 heavy (non-hydrogen) atoms. The lowest BCUT2D eigenvalue weighted by Gasteiger charge is -2.35. The summed E-state index contributed by atoms with van der Waals surface area (Å²) in [6, 6.07) is 18.3. The second kappa shape index (κ2) is 5.58. The van der Waals surface area contributed by atoms with Crippen molar-refractivity contribution in [1.29, 1.82) is 0 Å². The first-order valence-electron chi connectivity index (χ1n) is 8.09. The third-order valence-electron chi connectivity index (χ3n) is 4.68. The van der Waals surface area contributed by atoms with Gasteiger partial charge in [0.05, 0.1) is 11.6 Å². The SMILES string of the molecule is O=C1[C@@H](c2ccccc2)c2ccccc2N1N1CCCCC1. The van der Waals surface area contributed by atoms with Crippen molar-refractivity contribution in [2.45, 2.75) is 25.2 Å². The Hall–Kier alpha value is -2.13. The fraction of sp³-hybridized carbons (Fsp3) is 0.316. The Morgan fingerprint density at radius 3 is 2.27 bits per heavy atom. The summed E-state index contributed by atoms with van der Waals surface area (Å²) in [5.41, 5.74) is 3.27. The van der Waals surface area contributed by atoms with Crippen LogP contribution in [0.25, 0.3) is 0 Å². The van der Waals surface area contributed by atoms with Crippen LogP contribution < -0.4 is 5.01 Å². The molecule has 4 rings (SSSR count). The average molecular weight is 292 g/mol. The third kappa shape index (κ3) is 2.13. The zero-order valence-corrected chi connectivity index (χ0v) is 12.6. The second-order valence-electron chi connectivity index (χ2n) is 6.07. The van der Waals surface area contributed by atoms with Gasteiger partial charge in [-0.2, -0.15) is 0 Å². The minimum Gasteiger partial charge on any atom is -0.272 e. The summed E-state index contributed by atoms with van der Waals surface area (Å²) < 4.78 is 0. The van der Waals surface area contributed by atoms with Crippen LogP contribution in [-0.4, -0.2) is 24.0 Å². The van der Waals surface area contributed by atoms with Gasteiger partial charge >= 0.3 is 0 Å². The van der Waals surface area contributed by atoms with E-state index in [0.29, 0.717) is 0 Å². The van der Waals surface area contributed by atoms with E-state index in [2.05, 4.69) is 29.3 Å². The fourth-order valence-corrected chi connectivity index (χ4v) is 3.64. The lowest BCUT2D eigenvalue weighted by molar-refractivity contribution is -0.121. The lowest BCUT2D eigenvalue weighted by Crippen LogP contribution is -2.48. The number of rotatable bonds is 2. The molecule has 1 amide bonds. The van der Waals surface area contributed by atoms with E-state index in [1.807, 2.05) is 35.3 Å². The molecule has 1 fully saturated rings. The van der Waals surface area contributed by atoms with Gasteiger partial charge in [-0.05, 0) is 30.0 Å². The van der Waals surface area contributed by atoms with E-state index in [0.717, 1.165) is 29.9 Å². The van der Waals surface area contributed by atoms with Crippen molar-refractivity contribution in [2.75, 3.05) is 18.1 Å². The van der Waals surface area contributed by atoms with Crippen LogP contribution in [0.4, 0.5) is 5.69 Å². The van der Waals surface area contributed by atoms with Crippen LogP contribution in [0.15, 0.2) is 54.6 Å². The molecule has 0 aromatic heterocycles. The second-order valence-corrected chi connectivity index (χ2v) is 6.07. The van der Waals surface area contributed by atoms with E-state index < -0.39 is 0 Å². The molecule has 2 aliphatic rings. The number of amides is 1. The molecule has 0 bridgehead atoms. The lowest BCUT2D eigenvalue weighted by atomic mass is 9.93. The van der Waals surface area contributed by atoms with E-state index >= 15 is 0 Å². The van der Waals surface area contributed by atoms with Crippen LogP contribution in [0.2, 0.25) is 0 Å². The Labute approximate surface area is 131 Å². The Morgan fingerprint density at radius 2 is 1.50 bits per heavy atom. The normalized spacial score (nSPS) is 21.9. The van der Waals surface area contributed by atoms with Gasteiger partial charge in [0.15, 0.2) is 0 Å². The number of anilines is 1. The van der Waals surface area contributed by atoms with E-state index in [1.165, 1.54) is 19.3 Å². The van der Waals surface area contributed by atoms with Gasteiger partial charge in [-0.1, -0.05) is 55.0 Å². The zero-order valence-electron chi connectivity index (χ0n) is 12.6. The van der Waals surface area contributed by atoms with Crippen LogP contribution in [0.1, 0.15) is 36.3 Å². The van der Waals surface area contributed by atoms with Gasteiger partial charge in [0.25, 0.3) is 5.91 Å². The van der Waals surface area contributed by atoms with E-state index in [1.54, 1.807) is 0 Å². The van der Waals surface area contributed by atoms with Gasteiger partial charge in [0, 0.05) is 13.1 Å². The Bertz CT molecular complexity index is 677. The largest absolute Gasteiger partial charge is 0.272 e. The molecule has 3 nitrogen and oxygen atoms in total. The minimum absolute atomic E-state index is 0.167. The topological polar surface area (TPSA) is 23.6 Å². The summed E-state index contributed by atoms with van der Waals surface area (Å²) in [6.07, 6.45) is 3.60. The molecule has 2 aromatic rings. The van der Waals surface area contributed by atoms with Crippen molar-refractivity contribution in [3.8, 4) is 0 Å². The molecule has 0 unspecified atom stereocenters. The first-order chi connectivity index (χ1) is 10.9. The number of fused-ring (bicyclic) bond motifs is 1. The number of hydrogen-bond acceptors (Lipinski definition) is 2. The van der Waals surface area contributed by atoms with Crippen molar-refractivity contribution in [3.05, 3.63) is 65.7 Å². The molecule has 0 aliphatic carbocycles. The molecular formula is C19H20N2O. The molecule has 0 N–H and O–H groups in total. The quantitative estimate of drug-likeness (QED) is 0.845. The van der Waals surface area contributed by atoms with Gasteiger partial charge in [-0.25, -0.2) is 10.0 Å². The number of piperidine rings is 1. The van der Waals surface area contributed by atoms with Crippen LogP contribution in [0.5, 0.6) is 0 Å². The summed E-state index contributed by atoms with van der Waals surface area (Å²) in [6.45, 7) is 1.95. The summed E-state index contributed by atoms with van der Waals surface area (Å²) >= 11 is 0. The van der Waals surface area contributed by atoms with Crippen molar-refractivity contribution in [1.82, 2.24) is 5.01 Å². The molecule has 0 spiro atoms. The van der Waals surface area contributed by atoms with Gasteiger partial charge in [0.1, 0.15) is 0 Å². The van der Waals surface area contributed by atoms with Gasteiger partial charge in [-0.15, -0.1) is 0 Å². The first kappa shape index (κ1) is 13.5. The molecule has 2 aliphatic heterocycles. The number of para-hydroxylation sites is 1. The summed E-state index contributed by atoms with van der Waals surface area (Å²) in [4.78, 5) is 13.1. The van der Waals surface area contributed by atoms with Gasteiger partial charge < -0.3 is 0 Å². The van der Waals surface area contributed by atoms with Crippen LogP contribution >= 0.6 is 0 Å². The van der Waals surface area contributed by atoms with Crippen LogP contribution in [-0.2, 0) is 4.79 Å². The van der Waals surface area contributed by atoms with Gasteiger partial charge in [0.2, 0.25) is 0 Å². The van der Waals surface area contributed by atoms with Crippen molar-refractivity contribution >= 4 is 11.6 Å². The fourth-order valence-electron chi connectivity index (χ4n) is 3.64. The van der Waals surface area contributed by atoms with Crippen molar-refractivity contribution in [2.24, 2.45) is 0 Å². The number of carbonyl (C=O) groups is 1. The maximum atomic E-state index is 13.1. The van der Waals surface area contributed by atoms with Crippen molar-refractivity contribution in [3.63, 3.8) is 0 Å². The molecule has 112 valence electrons. The molecule has 0 radical (unpaired) electrons. The highest BCUT2D eigenvalue weighted by atomic mass is 16.2. The highest BCUT2D eigenvalue weighted by Crippen LogP contribution is 2.42. The minimum atomic E-state index is -0.167. The number of carbonyl (C=O) groups excluding carboxylic acids is 1. The number of hydrogen-bond donors (Lipinski definition) is 0. The molecule has 3 heteroatoms. The van der Waals surface area contributed by atoms with Crippen molar-refractivity contribution < 1.29 is 4.79 Å². The monoisotopic (exact) mass is 292 g/mol. The Morgan fingerprint density at radius 1 is 0.818 bits per heavy atom. The third-order valence-corrected chi connectivity index (χ3v) is 4.68. The summed E-state index contributed by atoms with van der Waals surface area (Å²) in [5, 5.41) is 4.17. The molecule has 2 heterocycles. The molecule has 2 aromatic carbocycles. The number of benzene rings is 2. The highest BCUT2D eigenvalue weighted by molar-refractivity contribution is 6.06. The predicted octanol–water partition coefficient (Wildman–Crippen LogP) is 3.57. The molecular weight excluding hydrogens is 272 g/mol. The number of hydrazine groups is 1.